The molecule has 0 atom stereocenters. The van der Waals surface area contributed by atoms with E-state index in [0.29, 0.717) is 6.54 Å². The topological polar surface area (TPSA) is 55.4 Å². The minimum atomic E-state index is 0.654. The van der Waals surface area contributed by atoms with E-state index in [1.165, 1.54) is 0 Å². The number of furan rings is 1. The van der Waals surface area contributed by atoms with Crippen molar-refractivity contribution in [3.05, 3.63) is 36.5 Å². The molecular weight excluding hydrogens is 216 g/mol. The highest BCUT2D eigenvalue weighted by atomic mass is 16.3. The Balaban J connectivity index is 1.66. The molecule has 5 heteroatoms. The monoisotopic (exact) mass is 230 g/mol. The van der Waals surface area contributed by atoms with Crippen molar-refractivity contribution in [2.45, 2.75) is 19.4 Å². The highest BCUT2D eigenvalue weighted by Crippen LogP contribution is 2.11. The fourth-order valence-corrected chi connectivity index (χ4v) is 1.89. The molecule has 0 amide bonds. The number of hydrogen-bond acceptors (Lipinski definition) is 4. The van der Waals surface area contributed by atoms with Gasteiger partial charge in [-0.25, -0.2) is 0 Å². The van der Waals surface area contributed by atoms with E-state index < -0.39 is 0 Å². The Morgan fingerprint density at radius 3 is 3.24 bits per heavy atom. The van der Waals surface area contributed by atoms with Crippen molar-refractivity contribution in [3.8, 4) is 0 Å². The van der Waals surface area contributed by atoms with Crippen molar-refractivity contribution < 1.29 is 4.42 Å². The van der Waals surface area contributed by atoms with Crippen LogP contribution in [0.1, 0.15) is 18.6 Å². The van der Waals surface area contributed by atoms with Gasteiger partial charge in [0.15, 0.2) is 0 Å². The number of amidine groups is 1. The maximum absolute atomic E-state index is 5.28. The third-order valence-corrected chi connectivity index (χ3v) is 2.69. The zero-order valence-electron chi connectivity index (χ0n) is 9.47. The van der Waals surface area contributed by atoms with Gasteiger partial charge in [-0.05, 0) is 18.6 Å². The molecule has 0 bridgehead atoms. The minimum absolute atomic E-state index is 0.654. The molecule has 0 spiro atoms. The van der Waals surface area contributed by atoms with Gasteiger partial charge in [0.05, 0.1) is 24.7 Å². The quantitative estimate of drug-likeness (QED) is 0.878. The van der Waals surface area contributed by atoms with Crippen LogP contribution in [-0.2, 0) is 6.54 Å². The van der Waals surface area contributed by atoms with Gasteiger partial charge in [0.1, 0.15) is 11.6 Å². The molecule has 0 fully saturated rings. The Morgan fingerprint density at radius 1 is 1.47 bits per heavy atom. The van der Waals surface area contributed by atoms with Gasteiger partial charge in [0, 0.05) is 19.2 Å². The SMILES string of the molecule is c1coc(Cn2cc(NC3=NCCC3)cn2)c1. The lowest BCUT2D eigenvalue weighted by atomic mass is 10.3. The van der Waals surface area contributed by atoms with Crippen LogP contribution in [0.5, 0.6) is 0 Å². The summed E-state index contributed by atoms with van der Waals surface area (Å²) in [5.41, 5.74) is 0.984. The second-order valence-corrected chi connectivity index (χ2v) is 4.06. The Labute approximate surface area is 99.2 Å². The zero-order valence-corrected chi connectivity index (χ0v) is 9.47. The van der Waals surface area contributed by atoms with Crippen molar-refractivity contribution in [2.24, 2.45) is 4.99 Å². The molecule has 5 nitrogen and oxygen atoms in total. The lowest BCUT2D eigenvalue weighted by Gasteiger charge is -2.00. The number of anilines is 1. The Hall–Kier alpha value is -2.04. The van der Waals surface area contributed by atoms with Gasteiger partial charge in [-0.15, -0.1) is 0 Å². The summed E-state index contributed by atoms with van der Waals surface area (Å²) in [7, 11) is 0. The van der Waals surface area contributed by atoms with Crippen molar-refractivity contribution in [1.29, 1.82) is 0 Å². The summed E-state index contributed by atoms with van der Waals surface area (Å²) in [6.45, 7) is 1.59. The maximum atomic E-state index is 5.28. The summed E-state index contributed by atoms with van der Waals surface area (Å²) in [5, 5.41) is 7.55. The summed E-state index contributed by atoms with van der Waals surface area (Å²) >= 11 is 0. The van der Waals surface area contributed by atoms with Crippen LogP contribution in [0.4, 0.5) is 5.69 Å². The molecule has 3 rings (SSSR count). The van der Waals surface area contributed by atoms with Gasteiger partial charge < -0.3 is 9.73 Å². The van der Waals surface area contributed by atoms with Crippen molar-refractivity contribution in [2.75, 3.05) is 11.9 Å². The maximum Gasteiger partial charge on any atom is 0.125 e. The zero-order chi connectivity index (χ0) is 11.5. The number of hydrogen-bond donors (Lipinski definition) is 1. The minimum Gasteiger partial charge on any atom is -0.467 e. The van der Waals surface area contributed by atoms with Crippen LogP contribution in [0.25, 0.3) is 0 Å². The molecule has 0 aliphatic carbocycles. The van der Waals surface area contributed by atoms with Crippen LogP contribution in [0.3, 0.4) is 0 Å². The number of aromatic nitrogens is 2. The Kier molecular flexibility index (Phi) is 2.65. The predicted octanol–water partition coefficient (Wildman–Crippen LogP) is 2.13. The fraction of sp³-hybridized carbons (Fsp3) is 0.333. The van der Waals surface area contributed by atoms with Gasteiger partial charge in [0.25, 0.3) is 0 Å². The molecule has 17 heavy (non-hydrogen) atoms. The van der Waals surface area contributed by atoms with Crippen LogP contribution in [-0.4, -0.2) is 22.2 Å². The standard InChI is InChI=1S/C12H14N4O/c1-4-12(13-5-1)15-10-7-14-16(8-10)9-11-3-2-6-17-11/h2-3,6-8H,1,4-5,9H2,(H,13,15). The lowest BCUT2D eigenvalue weighted by Crippen LogP contribution is -2.07. The summed E-state index contributed by atoms with van der Waals surface area (Å²) in [6, 6.07) is 3.82. The molecule has 1 aliphatic rings. The van der Waals surface area contributed by atoms with E-state index in [9.17, 15) is 0 Å². The smallest absolute Gasteiger partial charge is 0.125 e. The van der Waals surface area contributed by atoms with E-state index in [1.54, 1.807) is 6.26 Å². The van der Waals surface area contributed by atoms with Crippen molar-refractivity contribution in [3.63, 3.8) is 0 Å². The molecule has 0 radical (unpaired) electrons. The van der Waals surface area contributed by atoms with Gasteiger partial charge in [-0.2, -0.15) is 5.10 Å². The highest BCUT2D eigenvalue weighted by molar-refractivity contribution is 5.96. The second-order valence-electron chi connectivity index (χ2n) is 4.06. The van der Waals surface area contributed by atoms with Gasteiger partial charge in [-0.1, -0.05) is 0 Å². The molecule has 1 N–H and O–H groups in total. The third kappa shape index (κ3) is 2.38. The second kappa shape index (κ2) is 4.45. The molecule has 0 saturated carbocycles. The first kappa shape index (κ1) is 10.1. The first-order chi connectivity index (χ1) is 8.40. The van der Waals surface area contributed by atoms with E-state index in [2.05, 4.69) is 15.4 Å². The first-order valence-corrected chi connectivity index (χ1v) is 5.75. The largest absolute Gasteiger partial charge is 0.467 e. The molecular formula is C12H14N4O. The van der Waals surface area contributed by atoms with Crippen molar-refractivity contribution >= 4 is 11.5 Å². The molecule has 1 aliphatic heterocycles. The summed E-state index contributed by atoms with van der Waals surface area (Å²) in [5.74, 6) is 1.96. The molecule has 88 valence electrons. The summed E-state index contributed by atoms with van der Waals surface area (Å²) in [4.78, 5) is 4.37. The molecule has 3 heterocycles. The fourth-order valence-electron chi connectivity index (χ4n) is 1.89. The van der Waals surface area contributed by atoms with Crippen molar-refractivity contribution in [1.82, 2.24) is 9.78 Å². The third-order valence-electron chi connectivity index (χ3n) is 2.69. The lowest BCUT2D eigenvalue weighted by molar-refractivity contribution is 0.480. The summed E-state index contributed by atoms with van der Waals surface area (Å²) < 4.78 is 7.12. The van der Waals surface area contributed by atoms with Gasteiger partial charge in [0.2, 0.25) is 0 Å². The van der Waals surface area contributed by atoms with E-state index in [0.717, 1.165) is 36.7 Å². The molecule has 0 unspecified atom stereocenters. The van der Waals surface area contributed by atoms with E-state index in [1.807, 2.05) is 29.2 Å². The average Bonchev–Trinajstić information content (AvgIpc) is 3.02. The molecule has 2 aromatic heterocycles. The molecule has 0 saturated heterocycles. The van der Waals surface area contributed by atoms with Gasteiger partial charge in [-0.3, -0.25) is 9.67 Å². The highest BCUT2D eigenvalue weighted by Gasteiger charge is 2.07. The first-order valence-electron chi connectivity index (χ1n) is 5.75. The normalized spacial score (nSPS) is 14.9. The number of nitrogens with one attached hydrogen (secondary N) is 1. The number of rotatable bonds is 3. The summed E-state index contributed by atoms with van der Waals surface area (Å²) in [6.07, 6.45) is 7.62. The number of aliphatic imine (C=N–C) groups is 1. The average molecular weight is 230 g/mol. The Bertz CT molecular complexity index is 512. The Morgan fingerprint density at radius 2 is 2.47 bits per heavy atom. The van der Waals surface area contributed by atoms with E-state index in [-0.39, 0.29) is 0 Å². The van der Waals surface area contributed by atoms with Crippen LogP contribution in [0.2, 0.25) is 0 Å². The van der Waals surface area contributed by atoms with Crippen LogP contribution in [0, 0.1) is 0 Å². The van der Waals surface area contributed by atoms with E-state index >= 15 is 0 Å². The van der Waals surface area contributed by atoms with Crippen LogP contribution < -0.4 is 5.32 Å². The van der Waals surface area contributed by atoms with Crippen LogP contribution in [0.15, 0.2) is 40.2 Å². The predicted molar refractivity (Wildman–Crippen MR) is 65.2 cm³/mol. The number of nitrogens with zero attached hydrogens (tertiary/aromatic N) is 3. The molecule has 0 aromatic carbocycles. The molecule has 2 aromatic rings. The van der Waals surface area contributed by atoms with Gasteiger partial charge >= 0.3 is 0 Å². The van der Waals surface area contributed by atoms with E-state index in [4.69, 9.17) is 4.42 Å². The van der Waals surface area contributed by atoms with Crippen LogP contribution >= 0.6 is 0 Å².